The molecule has 2 aromatic rings. The Morgan fingerprint density at radius 3 is 2.73 bits per heavy atom. The predicted molar refractivity (Wildman–Crippen MR) is 92.8 cm³/mol. The van der Waals surface area contributed by atoms with Crippen molar-refractivity contribution in [3.8, 4) is 5.75 Å². The van der Waals surface area contributed by atoms with Crippen molar-refractivity contribution in [2.24, 2.45) is 10.7 Å². The second kappa shape index (κ2) is 6.79. The van der Waals surface area contributed by atoms with E-state index in [2.05, 4.69) is 36.1 Å². The highest BCUT2D eigenvalue weighted by Gasteiger charge is 2.17. The fourth-order valence-electron chi connectivity index (χ4n) is 1.82. The lowest BCUT2D eigenvalue weighted by Crippen LogP contribution is -2.23. The number of aliphatic imine (C=N–C) groups is 1. The van der Waals surface area contributed by atoms with Crippen LogP contribution in [0.4, 0.5) is 5.69 Å². The summed E-state index contributed by atoms with van der Waals surface area (Å²) in [5.41, 5.74) is 7.71. The quantitative estimate of drug-likeness (QED) is 0.669. The molecule has 0 spiro atoms. The number of ether oxygens (including phenoxy) is 1. The highest BCUT2D eigenvalue weighted by Crippen LogP contribution is 2.26. The molecule has 0 aliphatic heterocycles. The minimum atomic E-state index is 0.0633. The number of methoxy groups -OCH3 is 1. The number of rotatable bonds is 4. The summed E-state index contributed by atoms with van der Waals surface area (Å²) in [6, 6.07) is 7.57. The van der Waals surface area contributed by atoms with Gasteiger partial charge in [0.25, 0.3) is 0 Å². The van der Waals surface area contributed by atoms with Crippen LogP contribution in [-0.4, -0.2) is 18.1 Å². The van der Waals surface area contributed by atoms with E-state index in [1.54, 1.807) is 18.4 Å². The van der Waals surface area contributed by atoms with Gasteiger partial charge in [0, 0.05) is 10.8 Å². The number of benzene rings is 1. The molecule has 0 aliphatic rings. The summed E-state index contributed by atoms with van der Waals surface area (Å²) >= 11 is 1.66. The summed E-state index contributed by atoms with van der Waals surface area (Å²) in [6.45, 7) is 6.91. The number of hydrogen-bond acceptors (Lipinski definition) is 4. The van der Waals surface area contributed by atoms with Gasteiger partial charge in [-0.05, 0) is 12.1 Å². The van der Waals surface area contributed by atoms with Crippen LogP contribution < -0.4 is 15.8 Å². The maximum Gasteiger partial charge on any atom is 0.193 e. The molecule has 22 heavy (non-hydrogen) atoms. The van der Waals surface area contributed by atoms with E-state index in [-0.39, 0.29) is 5.41 Å². The maximum atomic E-state index is 5.93. The van der Waals surface area contributed by atoms with Crippen LogP contribution >= 0.6 is 11.3 Å². The fraction of sp³-hybridized carbons (Fsp3) is 0.375. The smallest absolute Gasteiger partial charge is 0.193 e. The first kappa shape index (κ1) is 16.3. The molecule has 2 rings (SSSR count). The van der Waals surface area contributed by atoms with Crippen molar-refractivity contribution in [3.63, 3.8) is 0 Å². The fourth-order valence-corrected chi connectivity index (χ4v) is 2.71. The maximum absolute atomic E-state index is 5.93. The zero-order valence-electron chi connectivity index (χ0n) is 13.4. The molecule has 0 aliphatic carbocycles. The summed E-state index contributed by atoms with van der Waals surface area (Å²) in [5, 5.41) is 6.18. The number of nitrogens with zero attached hydrogens (tertiary/aromatic N) is 2. The van der Waals surface area contributed by atoms with Crippen LogP contribution in [0.15, 0.2) is 34.6 Å². The molecular weight excluding hydrogens is 296 g/mol. The number of guanidine groups is 1. The third-order valence-corrected chi connectivity index (χ3v) is 4.29. The zero-order chi connectivity index (χ0) is 16.2. The van der Waals surface area contributed by atoms with Crippen molar-refractivity contribution >= 4 is 23.0 Å². The summed E-state index contributed by atoms with van der Waals surface area (Å²) < 4.78 is 5.27. The lowest BCUT2D eigenvalue weighted by atomic mass is 9.98. The van der Waals surface area contributed by atoms with Crippen molar-refractivity contribution in [1.29, 1.82) is 0 Å². The van der Waals surface area contributed by atoms with Crippen molar-refractivity contribution in [2.75, 3.05) is 12.4 Å². The average Bonchev–Trinajstić information content (AvgIpc) is 2.95. The van der Waals surface area contributed by atoms with Crippen molar-refractivity contribution < 1.29 is 4.74 Å². The summed E-state index contributed by atoms with van der Waals surface area (Å²) in [7, 11) is 1.62. The first-order valence-electron chi connectivity index (χ1n) is 7.05. The molecule has 1 aromatic heterocycles. The lowest BCUT2D eigenvalue weighted by Gasteiger charge is -2.13. The normalized spacial score (nSPS) is 12.3. The van der Waals surface area contributed by atoms with Crippen LogP contribution in [-0.2, 0) is 12.0 Å². The van der Waals surface area contributed by atoms with E-state index in [4.69, 9.17) is 10.5 Å². The third-order valence-electron chi connectivity index (χ3n) is 2.97. The number of nitrogens with two attached hydrogens (primary N) is 1. The van der Waals surface area contributed by atoms with Gasteiger partial charge in [-0.25, -0.2) is 9.98 Å². The molecule has 3 N–H and O–H groups in total. The molecule has 118 valence electrons. The van der Waals surface area contributed by atoms with E-state index in [0.717, 1.165) is 22.1 Å². The Balaban J connectivity index is 2.02. The monoisotopic (exact) mass is 318 g/mol. The minimum Gasteiger partial charge on any atom is -0.495 e. The molecule has 1 aromatic carbocycles. The van der Waals surface area contributed by atoms with Crippen LogP contribution in [0.5, 0.6) is 5.75 Å². The number of para-hydroxylation sites is 2. The molecule has 0 unspecified atom stereocenters. The molecule has 0 radical (unpaired) electrons. The molecule has 0 atom stereocenters. The summed E-state index contributed by atoms with van der Waals surface area (Å²) in [5.74, 6) is 1.07. The second-order valence-electron chi connectivity index (χ2n) is 5.92. The van der Waals surface area contributed by atoms with E-state index < -0.39 is 0 Å². The first-order chi connectivity index (χ1) is 10.4. The Labute approximate surface area is 135 Å². The van der Waals surface area contributed by atoms with Crippen LogP contribution in [0.2, 0.25) is 0 Å². The number of anilines is 1. The topological polar surface area (TPSA) is 72.5 Å². The molecule has 1 heterocycles. The Bertz CT molecular complexity index is 658. The van der Waals surface area contributed by atoms with Gasteiger partial charge >= 0.3 is 0 Å². The van der Waals surface area contributed by atoms with Gasteiger partial charge in [-0.15, -0.1) is 11.3 Å². The van der Waals surface area contributed by atoms with E-state index in [0.29, 0.717) is 12.5 Å². The van der Waals surface area contributed by atoms with Gasteiger partial charge in [0.2, 0.25) is 0 Å². The highest BCUT2D eigenvalue weighted by molar-refractivity contribution is 7.09. The summed E-state index contributed by atoms with van der Waals surface area (Å²) in [6.07, 6.45) is 0. The van der Waals surface area contributed by atoms with E-state index in [1.807, 2.05) is 29.6 Å². The molecule has 0 fully saturated rings. The molecule has 0 saturated carbocycles. The largest absolute Gasteiger partial charge is 0.495 e. The molecule has 6 heteroatoms. The predicted octanol–water partition coefficient (Wildman–Crippen LogP) is 3.38. The van der Waals surface area contributed by atoms with E-state index in [9.17, 15) is 0 Å². The molecule has 0 amide bonds. The number of nitrogens with one attached hydrogen (secondary N) is 1. The van der Waals surface area contributed by atoms with Gasteiger partial charge in [-0.3, -0.25) is 0 Å². The molecule has 0 bridgehead atoms. The van der Waals surface area contributed by atoms with Gasteiger partial charge in [0.05, 0.1) is 30.0 Å². The minimum absolute atomic E-state index is 0.0633. The van der Waals surface area contributed by atoms with E-state index in [1.165, 1.54) is 0 Å². The van der Waals surface area contributed by atoms with Gasteiger partial charge in [0.1, 0.15) is 5.75 Å². The zero-order valence-corrected chi connectivity index (χ0v) is 14.2. The van der Waals surface area contributed by atoms with Gasteiger partial charge in [-0.2, -0.15) is 0 Å². The number of aromatic nitrogens is 1. The molecule has 5 nitrogen and oxygen atoms in total. The van der Waals surface area contributed by atoms with Crippen LogP contribution in [0, 0.1) is 0 Å². The van der Waals surface area contributed by atoms with E-state index >= 15 is 0 Å². The average molecular weight is 318 g/mol. The van der Waals surface area contributed by atoms with Crippen LogP contribution in [0.25, 0.3) is 0 Å². The lowest BCUT2D eigenvalue weighted by molar-refractivity contribution is 0.417. The van der Waals surface area contributed by atoms with Crippen molar-refractivity contribution in [2.45, 2.75) is 32.7 Å². The van der Waals surface area contributed by atoms with Gasteiger partial charge in [-0.1, -0.05) is 32.9 Å². The Kier molecular flexibility index (Phi) is 5.03. The summed E-state index contributed by atoms with van der Waals surface area (Å²) in [4.78, 5) is 8.93. The van der Waals surface area contributed by atoms with Crippen molar-refractivity contribution in [3.05, 3.63) is 40.3 Å². The van der Waals surface area contributed by atoms with Crippen molar-refractivity contribution in [1.82, 2.24) is 4.98 Å². The standard InChI is InChI=1S/C16H22N4OS/c1-16(2,3)14-19-11(10-22-14)9-18-15(17)20-12-7-5-6-8-13(12)21-4/h5-8,10H,9H2,1-4H3,(H3,17,18,20). The van der Waals surface area contributed by atoms with Crippen LogP contribution in [0.3, 0.4) is 0 Å². The molecular formula is C16H22N4OS. The van der Waals surface area contributed by atoms with Gasteiger partial charge in [0.15, 0.2) is 5.96 Å². The second-order valence-corrected chi connectivity index (χ2v) is 6.78. The Hall–Kier alpha value is -2.08. The number of thiazole rings is 1. The first-order valence-corrected chi connectivity index (χ1v) is 7.93. The SMILES string of the molecule is COc1ccccc1NC(N)=NCc1csc(C(C)(C)C)n1. The van der Waals surface area contributed by atoms with Crippen LogP contribution in [0.1, 0.15) is 31.5 Å². The number of hydrogen-bond donors (Lipinski definition) is 2. The van der Waals surface area contributed by atoms with Gasteiger partial charge < -0.3 is 15.8 Å². The Morgan fingerprint density at radius 1 is 1.36 bits per heavy atom. The Morgan fingerprint density at radius 2 is 2.09 bits per heavy atom. The molecule has 0 saturated heterocycles. The highest BCUT2D eigenvalue weighted by atomic mass is 32.1. The third kappa shape index (κ3) is 4.21.